The molecule has 3 saturated carbocycles. The van der Waals surface area contributed by atoms with Crippen molar-refractivity contribution in [3.8, 4) is 0 Å². The smallest absolute Gasteiger partial charge is 0.295 e. The highest BCUT2D eigenvalue weighted by Gasteiger charge is 2.66. The molecule has 4 aliphatic carbocycles. The molecule has 210 valence electrons. The van der Waals surface area contributed by atoms with E-state index in [4.69, 9.17) is 9.93 Å². The summed E-state index contributed by atoms with van der Waals surface area (Å²) >= 11 is 0. The largest absolute Gasteiger partial charge is 0.361 e. The van der Waals surface area contributed by atoms with Gasteiger partial charge in [0.15, 0.2) is 5.78 Å². The quantitative estimate of drug-likeness (QED) is 0.134. The molecular weight excluding hydrogens is 483 g/mol. The van der Waals surface area contributed by atoms with Crippen LogP contribution < -0.4 is 0 Å². The Morgan fingerprint density at radius 3 is 2.38 bits per heavy atom. The highest BCUT2D eigenvalue weighted by atomic mass is 31.1. The maximum Gasteiger partial charge on any atom is 0.361 e. The summed E-state index contributed by atoms with van der Waals surface area (Å²) in [5.41, 5.74) is 2.17. The Kier molecular flexibility index (Phi) is 8.01. The molecular formula is C31H51O5P. The van der Waals surface area contributed by atoms with Crippen LogP contribution in [0.4, 0.5) is 0 Å². The van der Waals surface area contributed by atoms with Crippen LogP contribution in [0.3, 0.4) is 0 Å². The number of fused-ring (bicyclic) bond motifs is 5. The standard InChI is InChI=1S/C31H51O5P/c1-20-17-23-24(32)18-22-21(29(23,7)19-25(20)34-35-36-37-33)11-15-31(9)26(12-16-30(22,31)8)28(5,6)14-10-13-27(2,3)4/h18,20-21,23,25-26H,10-17,19H2,1-9H3/t20-,21?,23-,25-,26+,29+,30-,31+/m0/s1. The SMILES string of the molecule is C[C@H]1C[C@H]2C(=O)C=C3C(CC[C@]4(C)[C@@H](C(C)(C)CCCC(C)(C)C)CC[C@@]34C)[C@@]2(C)C[C@@H]1OOOP=O. The molecule has 4 rings (SSSR count). The number of ketones is 1. The third-order valence-corrected chi connectivity index (χ3v) is 12.1. The topological polar surface area (TPSA) is 61.8 Å². The molecule has 37 heavy (non-hydrogen) atoms. The molecule has 1 unspecified atom stereocenters. The van der Waals surface area contributed by atoms with Gasteiger partial charge in [-0.2, -0.15) is 0 Å². The lowest BCUT2D eigenvalue weighted by atomic mass is 9.42. The maximum absolute atomic E-state index is 13.7. The third kappa shape index (κ3) is 5.05. The second kappa shape index (κ2) is 10.1. The fraction of sp³-hybridized carbons (Fsp3) is 0.903. The van der Waals surface area contributed by atoms with Crippen molar-refractivity contribution in [2.24, 2.45) is 50.7 Å². The Hall–Kier alpha value is -0.610. The van der Waals surface area contributed by atoms with Crippen molar-refractivity contribution in [3.63, 3.8) is 0 Å². The molecule has 0 N–H and O–H groups in total. The van der Waals surface area contributed by atoms with Gasteiger partial charge in [0.05, 0.1) is 6.10 Å². The van der Waals surface area contributed by atoms with Crippen LogP contribution in [0.1, 0.15) is 120 Å². The van der Waals surface area contributed by atoms with Crippen molar-refractivity contribution in [1.29, 1.82) is 0 Å². The van der Waals surface area contributed by atoms with Gasteiger partial charge in [-0.1, -0.05) is 79.3 Å². The van der Waals surface area contributed by atoms with E-state index in [9.17, 15) is 9.36 Å². The van der Waals surface area contributed by atoms with E-state index in [1.807, 2.05) is 0 Å². The number of hydrogen-bond acceptors (Lipinski definition) is 5. The molecule has 0 aromatic heterocycles. The lowest BCUT2D eigenvalue weighted by Gasteiger charge is -2.62. The van der Waals surface area contributed by atoms with Crippen molar-refractivity contribution in [3.05, 3.63) is 11.6 Å². The highest BCUT2D eigenvalue weighted by Crippen LogP contribution is 2.73. The van der Waals surface area contributed by atoms with E-state index in [0.717, 1.165) is 19.3 Å². The first-order valence-electron chi connectivity index (χ1n) is 14.7. The predicted octanol–water partition coefficient (Wildman–Crippen LogP) is 9.08. The molecule has 0 radical (unpaired) electrons. The normalized spacial score (nSPS) is 42.2. The Morgan fingerprint density at radius 1 is 1.03 bits per heavy atom. The first kappa shape index (κ1) is 29.4. The van der Waals surface area contributed by atoms with Crippen LogP contribution in [0.2, 0.25) is 0 Å². The minimum Gasteiger partial charge on any atom is -0.295 e. The number of hydrogen-bond donors (Lipinski definition) is 0. The summed E-state index contributed by atoms with van der Waals surface area (Å²) in [4.78, 5) is 19.3. The lowest BCUT2D eigenvalue weighted by molar-refractivity contribution is -0.488. The minimum absolute atomic E-state index is 0.0219. The van der Waals surface area contributed by atoms with E-state index >= 15 is 0 Å². The van der Waals surface area contributed by atoms with Crippen molar-refractivity contribution in [2.75, 3.05) is 0 Å². The Labute approximate surface area is 227 Å². The average molecular weight is 535 g/mol. The van der Waals surface area contributed by atoms with Crippen molar-refractivity contribution in [1.82, 2.24) is 0 Å². The fourth-order valence-electron chi connectivity index (χ4n) is 9.64. The van der Waals surface area contributed by atoms with Crippen molar-refractivity contribution < 1.29 is 24.0 Å². The van der Waals surface area contributed by atoms with E-state index in [-0.39, 0.29) is 39.6 Å². The molecule has 4 aliphatic rings. The molecule has 3 fully saturated rings. The Balaban J connectivity index is 1.60. The summed E-state index contributed by atoms with van der Waals surface area (Å²) in [6, 6.07) is 0. The van der Waals surface area contributed by atoms with Crippen molar-refractivity contribution >= 4 is 14.5 Å². The van der Waals surface area contributed by atoms with Gasteiger partial charge in [-0.3, -0.25) is 4.79 Å². The summed E-state index contributed by atoms with van der Waals surface area (Å²) in [6.07, 6.45) is 12.0. The Morgan fingerprint density at radius 2 is 1.73 bits per heavy atom. The molecule has 0 heterocycles. The fourth-order valence-corrected chi connectivity index (χ4v) is 9.70. The minimum atomic E-state index is -0.565. The van der Waals surface area contributed by atoms with E-state index in [2.05, 4.69) is 73.1 Å². The van der Waals surface area contributed by atoms with Crippen LogP contribution in [0, 0.1) is 50.7 Å². The van der Waals surface area contributed by atoms with E-state index in [1.54, 1.807) is 0 Å². The first-order chi connectivity index (χ1) is 17.1. The molecule has 0 aromatic carbocycles. The molecule has 0 amide bonds. The van der Waals surface area contributed by atoms with Crippen LogP contribution in [-0.2, 0) is 24.0 Å². The molecule has 0 spiro atoms. The van der Waals surface area contributed by atoms with Crippen LogP contribution in [-0.4, -0.2) is 11.9 Å². The van der Waals surface area contributed by atoms with Gasteiger partial charge in [-0.05, 0) is 102 Å². The zero-order valence-corrected chi connectivity index (χ0v) is 25.7. The number of rotatable bonds is 8. The Bertz CT molecular complexity index is 921. The summed E-state index contributed by atoms with van der Waals surface area (Å²) < 4.78 is 15.1. The van der Waals surface area contributed by atoms with Crippen LogP contribution in [0.25, 0.3) is 0 Å². The summed E-state index contributed by atoms with van der Waals surface area (Å²) in [5.74, 6) is 1.54. The maximum atomic E-state index is 13.7. The van der Waals surface area contributed by atoms with Crippen LogP contribution in [0.5, 0.6) is 0 Å². The van der Waals surface area contributed by atoms with Gasteiger partial charge >= 0.3 is 8.69 Å². The second-order valence-electron chi connectivity index (χ2n) is 15.7. The van der Waals surface area contributed by atoms with Crippen LogP contribution >= 0.6 is 8.69 Å². The third-order valence-electron chi connectivity index (χ3n) is 12.0. The summed E-state index contributed by atoms with van der Waals surface area (Å²) in [7, 11) is -0.565. The van der Waals surface area contributed by atoms with E-state index < -0.39 is 8.69 Å². The van der Waals surface area contributed by atoms with Crippen molar-refractivity contribution in [2.45, 2.75) is 126 Å². The van der Waals surface area contributed by atoms with Crippen LogP contribution in [0.15, 0.2) is 11.6 Å². The monoisotopic (exact) mass is 534 g/mol. The van der Waals surface area contributed by atoms with Gasteiger partial charge in [0, 0.05) is 5.92 Å². The van der Waals surface area contributed by atoms with E-state index in [1.165, 1.54) is 44.1 Å². The molecule has 6 heteroatoms. The molecule has 0 saturated heterocycles. The highest BCUT2D eigenvalue weighted by molar-refractivity contribution is 7.17. The van der Waals surface area contributed by atoms with Gasteiger partial charge in [0.2, 0.25) is 0 Å². The van der Waals surface area contributed by atoms with Gasteiger partial charge in [0.25, 0.3) is 0 Å². The molecule has 0 aromatic rings. The molecule has 0 bridgehead atoms. The first-order valence-corrected chi connectivity index (χ1v) is 15.4. The molecule has 8 atom stereocenters. The number of carbonyl (C=O) groups is 1. The number of carbonyl (C=O) groups excluding carboxylic acids is 1. The van der Waals surface area contributed by atoms with Gasteiger partial charge in [-0.15, -0.1) is 4.67 Å². The average Bonchev–Trinajstić information content (AvgIpc) is 3.07. The number of allylic oxidation sites excluding steroid dienone is 2. The zero-order chi connectivity index (χ0) is 27.4. The predicted molar refractivity (Wildman–Crippen MR) is 146 cm³/mol. The second-order valence-corrected chi connectivity index (χ2v) is 16.0. The summed E-state index contributed by atoms with van der Waals surface area (Å²) in [6.45, 7) is 21.5. The van der Waals surface area contributed by atoms with Gasteiger partial charge in [-0.25, -0.2) is 9.45 Å². The summed E-state index contributed by atoms with van der Waals surface area (Å²) in [5, 5.41) is 4.77. The van der Waals surface area contributed by atoms with Gasteiger partial charge < -0.3 is 0 Å². The molecule has 0 aliphatic heterocycles. The van der Waals surface area contributed by atoms with Gasteiger partial charge in [0.1, 0.15) is 0 Å². The lowest BCUT2D eigenvalue weighted by Crippen LogP contribution is -2.57. The zero-order valence-electron chi connectivity index (χ0n) is 24.8. The molecule has 5 nitrogen and oxygen atoms in total. The van der Waals surface area contributed by atoms with E-state index in [0.29, 0.717) is 23.0 Å².